The van der Waals surface area contributed by atoms with Crippen LogP contribution >= 0.6 is 0 Å². The van der Waals surface area contributed by atoms with Crippen LogP contribution in [-0.4, -0.2) is 94.3 Å². The van der Waals surface area contributed by atoms with E-state index in [9.17, 15) is 10.2 Å². The number of aliphatic hydroxyl groups is 1. The van der Waals surface area contributed by atoms with E-state index in [2.05, 4.69) is 15.8 Å². The average Bonchev–Trinajstić information content (AvgIpc) is 3.82. The number of hydrogen-bond acceptors (Lipinski definition) is 10. The number of ether oxygens (including phenoxy) is 3. The number of methoxy groups -OCH3 is 1. The lowest BCUT2D eigenvalue weighted by Gasteiger charge is -2.56. The minimum atomic E-state index is -1.00. The summed E-state index contributed by atoms with van der Waals surface area (Å²) in [4.78, 5) is 18.9. The third-order valence-corrected chi connectivity index (χ3v) is 13.2. The number of nitrogens with zero attached hydrogens (tertiary/aromatic N) is 5. The van der Waals surface area contributed by atoms with E-state index in [0.29, 0.717) is 54.7 Å². The smallest absolute Gasteiger partial charge is 0.319 e. The van der Waals surface area contributed by atoms with Gasteiger partial charge in [0.15, 0.2) is 5.82 Å². The standard InChI is InChI=1S/C42H47F2N5O5/c1-4-28-30(43)10-9-25-18-27(50)19-29(32(25)28)35-34(44)36-33(38(45-35)52-3)37(48-15-6-11-40(2,51)22-48)47-39(46-36)54-24-42-12-5-8-31(42)49(16-7-13-42)26-20-41(21-26)14-17-53-23-41/h1,9-10,18-19,26,31,50-51H,5-8,11-17,20-24H2,2-3H3/t26?,31-,40-,41?,42-/m1/s1. The van der Waals surface area contributed by atoms with E-state index >= 15 is 8.78 Å². The van der Waals surface area contributed by atoms with E-state index in [1.807, 2.05) is 4.90 Å². The predicted octanol–water partition coefficient (Wildman–Crippen LogP) is 6.75. The van der Waals surface area contributed by atoms with Crippen molar-refractivity contribution in [2.75, 3.05) is 51.5 Å². The van der Waals surface area contributed by atoms with Crippen molar-refractivity contribution in [2.45, 2.75) is 88.8 Å². The Bertz CT molecular complexity index is 2180. The van der Waals surface area contributed by atoms with E-state index in [-0.39, 0.29) is 62.7 Å². The minimum absolute atomic E-state index is 0.0276. The summed E-state index contributed by atoms with van der Waals surface area (Å²) in [6.07, 6.45) is 16.0. The molecule has 0 amide bonds. The molecule has 0 unspecified atom stereocenters. The number of halogens is 2. The van der Waals surface area contributed by atoms with Gasteiger partial charge in [0.2, 0.25) is 5.88 Å². The second kappa shape index (κ2) is 13.2. The molecule has 3 atom stereocenters. The molecule has 2 saturated carbocycles. The summed E-state index contributed by atoms with van der Waals surface area (Å²) in [6.45, 7) is 5.84. The first-order valence-corrected chi connectivity index (χ1v) is 19.3. The van der Waals surface area contributed by atoms with Crippen LogP contribution in [0.5, 0.6) is 17.6 Å². The maximum atomic E-state index is 17.3. The number of β-amino-alcohol motifs (C(OH)–C–C–N with tert-alkyl or cyclic N) is 1. The molecule has 3 aliphatic heterocycles. The van der Waals surface area contributed by atoms with Crippen molar-refractivity contribution in [1.29, 1.82) is 0 Å². The second-order valence-electron chi connectivity index (χ2n) is 16.8. The highest BCUT2D eigenvalue weighted by Gasteiger charge is 2.55. The van der Waals surface area contributed by atoms with Crippen molar-refractivity contribution in [3.05, 3.63) is 41.5 Å². The highest BCUT2D eigenvalue weighted by molar-refractivity contribution is 6.04. The first-order valence-electron chi connectivity index (χ1n) is 19.3. The molecule has 12 heteroatoms. The van der Waals surface area contributed by atoms with Crippen molar-refractivity contribution in [3.63, 3.8) is 0 Å². The number of aromatic nitrogens is 3. The normalized spacial score (nSPS) is 29.7. The summed E-state index contributed by atoms with van der Waals surface area (Å²) in [5.41, 5.74) is -1.02. The predicted molar refractivity (Wildman–Crippen MR) is 201 cm³/mol. The van der Waals surface area contributed by atoms with Crippen molar-refractivity contribution in [1.82, 2.24) is 19.9 Å². The lowest BCUT2D eigenvalue weighted by Crippen LogP contribution is -2.60. The zero-order valence-corrected chi connectivity index (χ0v) is 31.0. The van der Waals surface area contributed by atoms with Crippen LogP contribution in [0.15, 0.2) is 24.3 Å². The van der Waals surface area contributed by atoms with Gasteiger partial charge in [0.1, 0.15) is 34.0 Å². The summed E-state index contributed by atoms with van der Waals surface area (Å²) in [5, 5.41) is 22.7. The molecule has 2 N–H and O–H groups in total. The zero-order chi connectivity index (χ0) is 37.4. The second-order valence-corrected chi connectivity index (χ2v) is 16.8. The van der Waals surface area contributed by atoms with Gasteiger partial charge in [-0.15, -0.1) is 6.42 Å². The topological polar surface area (TPSA) is 113 Å². The van der Waals surface area contributed by atoms with Crippen LogP contribution in [0.3, 0.4) is 0 Å². The van der Waals surface area contributed by atoms with Gasteiger partial charge in [-0.1, -0.05) is 18.4 Å². The van der Waals surface area contributed by atoms with E-state index in [0.717, 1.165) is 58.3 Å². The number of phenols is 1. The molecule has 10 nitrogen and oxygen atoms in total. The lowest BCUT2D eigenvalue weighted by atomic mass is 9.63. The van der Waals surface area contributed by atoms with Gasteiger partial charge < -0.3 is 29.3 Å². The summed E-state index contributed by atoms with van der Waals surface area (Å²) in [7, 11) is 1.43. The Labute approximate surface area is 313 Å². The molecule has 3 saturated heterocycles. The molecule has 9 rings (SSSR count). The quantitative estimate of drug-likeness (QED) is 0.198. The molecule has 2 aromatic carbocycles. The number of aromatic hydroxyl groups is 1. The summed E-state index contributed by atoms with van der Waals surface area (Å²) in [5.74, 6) is 1.13. The number of terminal acetylenes is 1. The van der Waals surface area contributed by atoms with Gasteiger partial charge in [0, 0.05) is 48.1 Å². The molecule has 2 aliphatic carbocycles. The highest BCUT2D eigenvalue weighted by Crippen LogP contribution is 2.55. The zero-order valence-electron chi connectivity index (χ0n) is 31.0. The largest absolute Gasteiger partial charge is 0.508 e. The fourth-order valence-corrected chi connectivity index (χ4v) is 10.6. The van der Waals surface area contributed by atoms with Gasteiger partial charge in [-0.3, -0.25) is 4.90 Å². The van der Waals surface area contributed by atoms with Crippen molar-refractivity contribution in [3.8, 4) is 41.2 Å². The number of benzene rings is 2. The average molecular weight is 740 g/mol. The van der Waals surface area contributed by atoms with Gasteiger partial charge in [-0.25, -0.2) is 13.8 Å². The molecular formula is C42H47F2N5O5. The molecule has 2 aromatic heterocycles. The Morgan fingerprint density at radius 1 is 1.04 bits per heavy atom. The van der Waals surface area contributed by atoms with E-state index in [1.165, 1.54) is 44.2 Å². The third kappa shape index (κ3) is 5.82. The molecule has 0 radical (unpaired) electrons. The van der Waals surface area contributed by atoms with Crippen LogP contribution in [0.2, 0.25) is 0 Å². The Kier molecular flexibility index (Phi) is 8.63. The molecule has 54 heavy (non-hydrogen) atoms. The molecule has 4 aromatic rings. The van der Waals surface area contributed by atoms with Crippen LogP contribution in [-0.2, 0) is 4.74 Å². The van der Waals surface area contributed by atoms with E-state index in [4.69, 9.17) is 30.6 Å². The highest BCUT2D eigenvalue weighted by atomic mass is 19.1. The number of fused-ring (bicyclic) bond motifs is 3. The molecular weight excluding hydrogens is 692 g/mol. The Hall–Kier alpha value is -4.31. The minimum Gasteiger partial charge on any atom is -0.508 e. The van der Waals surface area contributed by atoms with Crippen molar-refractivity contribution < 1.29 is 33.2 Å². The SMILES string of the molecule is C#Cc1c(F)ccc2cc(O)cc(-c3nc(OC)c4c(N5CCC[C@@](C)(O)C5)nc(OC[C@]56CCC[C@H]5N(C5CC7(CCOC7)C5)CCC6)nc4c3F)c12. The van der Waals surface area contributed by atoms with Crippen LogP contribution in [0.25, 0.3) is 32.9 Å². The molecule has 1 spiro atoms. The lowest BCUT2D eigenvalue weighted by molar-refractivity contribution is -0.0813. The Morgan fingerprint density at radius 2 is 1.85 bits per heavy atom. The molecule has 284 valence electrons. The van der Waals surface area contributed by atoms with Crippen LogP contribution < -0.4 is 14.4 Å². The van der Waals surface area contributed by atoms with E-state index < -0.39 is 17.2 Å². The van der Waals surface area contributed by atoms with Crippen molar-refractivity contribution in [2.24, 2.45) is 10.8 Å². The van der Waals surface area contributed by atoms with Crippen LogP contribution in [0.4, 0.5) is 14.6 Å². The number of pyridine rings is 1. The molecule has 5 fully saturated rings. The van der Waals surface area contributed by atoms with Crippen LogP contribution in [0.1, 0.15) is 76.7 Å². The number of anilines is 1. The van der Waals surface area contributed by atoms with Gasteiger partial charge in [0.25, 0.3) is 0 Å². The fourth-order valence-electron chi connectivity index (χ4n) is 10.6. The monoisotopic (exact) mass is 739 g/mol. The molecule has 5 heterocycles. The summed E-state index contributed by atoms with van der Waals surface area (Å²) in [6, 6.07) is 6.44. The first-order chi connectivity index (χ1) is 26.0. The van der Waals surface area contributed by atoms with Gasteiger partial charge >= 0.3 is 6.01 Å². The number of phenolic OH excluding ortho intramolecular Hbond substituents is 1. The summed E-state index contributed by atoms with van der Waals surface area (Å²) < 4.78 is 50.6. The maximum Gasteiger partial charge on any atom is 0.319 e. The molecule has 0 bridgehead atoms. The van der Waals surface area contributed by atoms with Gasteiger partial charge in [-0.2, -0.15) is 9.97 Å². The number of rotatable bonds is 7. The van der Waals surface area contributed by atoms with E-state index in [1.54, 1.807) is 6.92 Å². The fraction of sp³-hybridized carbons (Fsp3) is 0.548. The maximum absolute atomic E-state index is 17.3. The van der Waals surface area contributed by atoms with Crippen LogP contribution in [0, 0.1) is 34.8 Å². The van der Waals surface area contributed by atoms with Crippen molar-refractivity contribution >= 4 is 27.5 Å². The Balaban J connectivity index is 1.14. The van der Waals surface area contributed by atoms with Gasteiger partial charge in [-0.05, 0) is 100 Å². The molecule has 5 aliphatic rings. The van der Waals surface area contributed by atoms with Gasteiger partial charge in [0.05, 0.1) is 31.5 Å². The number of hydrogen-bond donors (Lipinski definition) is 2. The third-order valence-electron chi connectivity index (χ3n) is 13.2. The summed E-state index contributed by atoms with van der Waals surface area (Å²) >= 11 is 0. The number of likely N-dealkylation sites (tertiary alicyclic amines) is 1. The number of piperidine rings is 2. The first kappa shape index (κ1) is 35.4. The Morgan fingerprint density at radius 3 is 2.61 bits per heavy atom.